The van der Waals surface area contributed by atoms with E-state index in [9.17, 15) is 26.3 Å². The van der Waals surface area contributed by atoms with Crippen LogP contribution in [-0.4, -0.2) is 49.9 Å². The SMILES string of the molecule is O=S(O)Nc1cccc(-c2c(-c3ccc(F)cc3)nc(C(F)(F)F)nc2N2CCN(c3ccccn3)CC2)c1. The molecule has 0 spiro atoms. The molecule has 0 aliphatic carbocycles. The number of hydrogen-bond acceptors (Lipinski definition) is 6. The van der Waals surface area contributed by atoms with E-state index in [1.165, 1.54) is 18.2 Å². The predicted octanol–water partition coefficient (Wildman–Crippen LogP) is 5.24. The minimum Gasteiger partial charge on any atom is -0.353 e. The summed E-state index contributed by atoms with van der Waals surface area (Å²) in [5, 5.41) is 0. The highest BCUT2D eigenvalue weighted by atomic mass is 32.2. The lowest BCUT2D eigenvalue weighted by Gasteiger charge is -2.37. The molecule has 5 rings (SSSR count). The number of piperazine rings is 1. The summed E-state index contributed by atoms with van der Waals surface area (Å²) >= 11 is -2.37. The number of nitrogens with zero attached hydrogens (tertiary/aromatic N) is 5. The number of aromatic nitrogens is 3. The van der Waals surface area contributed by atoms with Crippen LogP contribution < -0.4 is 14.5 Å². The first-order chi connectivity index (χ1) is 18.7. The fraction of sp³-hybridized carbons (Fsp3) is 0.192. The molecular formula is C26H22F4N6O2S. The molecule has 1 atom stereocenters. The first-order valence-electron chi connectivity index (χ1n) is 11.8. The highest BCUT2D eigenvalue weighted by Gasteiger charge is 2.38. The lowest BCUT2D eigenvalue weighted by Crippen LogP contribution is -2.47. The van der Waals surface area contributed by atoms with Crippen LogP contribution in [0.4, 0.5) is 34.9 Å². The van der Waals surface area contributed by atoms with Gasteiger partial charge >= 0.3 is 6.18 Å². The molecule has 2 aromatic heterocycles. The molecule has 202 valence electrons. The molecule has 8 nitrogen and oxygen atoms in total. The van der Waals surface area contributed by atoms with E-state index >= 15 is 0 Å². The van der Waals surface area contributed by atoms with Crippen molar-refractivity contribution < 1.29 is 26.3 Å². The number of benzene rings is 2. The van der Waals surface area contributed by atoms with Crippen molar-refractivity contribution >= 4 is 28.6 Å². The molecule has 2 N–H and O–H groups in total. The largest absolute Gasteiger partial charge is 0.451 e. The number of rotatable bonds is 6. The molecule has 2 aromatic carbocycles. The van der Waals surface area contributed by atoms with Crippen LogP contribution in [0, 0.1) is 5.82 Å². The van der Waals surface area contributed by atoms with Gasteiger partial charge in [0.1, 0.15) is 17.5 Å². The highest BCUT2D eigenvalue weighted by molar-refractivity contribution is 7.80. The van der Waals surface area contributed by atoms with Gasteiger partial charge in [0.05, 0.1) is 11.3 Å². The monoisotopic (exact) mass is 558 g/mol. The van der Waals surface area contributed by atoms with Crippen LogP contribution in [0.2, 0.25) is 0 Å². The molecule has 1 unspecified atom stereocenters. The van der Waals surface area contributed by atoms with Gasteiger partial charge in [-0.1, -0.05) is 18.2 Å². The average molecular weight is 559 g/mol. The lowest BCUT2D eigenvalue weighted by atomic mass is 9.98. The molecule has 4 aromatic rings. The molecule has 1 aliphatic heterocycles. The molecule has 0 bridgehead atoms. The van der Waals surface area contributed by atoms with Gasteiger partial charge in [0.15, 0.2) is 0 Å². The zero-order valence-electron chi connectivity index (χ0n) is 20.3. The second-order valence-electron chi connectivity index (χ2n) is 8.69. The first-order valence-corrected chi connectivity index (χ1v) is 12.9. The van der Waals surface area contributed by atoms with Crippen LogP contribution in [0.3, 0.4) is 0 Å². The zero-order valence-corrected chi connectivity index (χ0v) is 21.1. The summed E-state index contributed by atoms with van der Waals surface area (Å²) < 4.78 is 78.8. The van der Waals surface area contributed by atoms with Gasteiger partial charge in [0.25, 0.3) is 11.3 Å². The summed E-state index contributed by atoms with van der Waals surface area (Å²) in [5.74, 6) is -1.05. The van der Waals surface area contributed by atoms with Gasteiger partial charge in [-0.05, 0) is 54.1 Å². The van der Waals surface area contributed by atoms with Crippen molar-refractivity contribution in [2.24, 2.45) is 0 Å². The minimum absolute atomic E-state index is 0.0400. The van der Waals surface area contributed by atoms with Gasteiger partial charge < -0.3 is 9.80 Å². The Morgan fingerprint density at radius 2 is 1.59 bits per heavy atom. The third-order valence-corrected chi connectivity index (χ3v) is 6.58. The number of anilines is 3. The minimum atomic E-state index is -4.84. The number of hydrogen-bond donors (Lipinski definition) is 2. The fourth-order valence-electron chi connectivity index (χ4n) is 4.41. The van der Waals surface area contributed by atoms with Crippen molar-refractivity contribution in [1.29, 1.82) is 0 Å². The zero-order chi connectivity index (χ0) is 27.6. The van der Waals surface area contributed by atoms with E-state index in [1.54, 1.807) is 35.4 Å². The normalized spacial score (nSPS) is 14.8. The maximum atomic E-state index is 14.0. The topological polar surface area (TPSA) is 94.5 Å². The molecule has 0 saturated carbocycles. The van der Waals surface area contributed by atoms with Crippen molar-refractivity contribution in [2.75, 3.05) is 40.7 Å². The van der Waals surface area contributed by atoms with E-state index in [4.69, 9.17) is 0 Å². The lowest BCUT2D eigenvalue weighted by molar-refractivity contribution is -0.144. The Morgan fingerprint density at radius 3 is 2.23 bits per heavy atom. The van der Waals surface area contributed by atoms with Gasteiger partial charge in [0, 0.05) is 43.6 Å². The molecule has 39 heavy (non-hydrogen) atoms. The standard InChI is InChI=1S/C26H22F4N6O2S/c27-19-9-7-17(8-10-19)23-22(18-4-3-5-20(16-18)34-39(37)38)24(33-25(32-23)26(28,29)30)36-14-12-35(13-15-36)21-6-1-2-11-31-21/h1-11,16,34H,12-15H2,(H,37,38). The Hall–Kier alpha value is -4.10. The summed E-state index contributed by atoms with van der Waals surface area (Å²) in [6, 6.07) is 16.9. The van der Waals surface area contributed by atoms with E-state index in [0.29, 0.717) is 31.7 Å². The fourth-order valence-corrected chi connectivity index (χ4v) is 4.74. The Balaban J connectivity index is 1.66. The van der Waals surface area contributed by atoms with Crippen molar-refractivity contribution in [2.45, 2.75) is 6.18 Å². The Kier molecular flexibility index (Phi) is 7.44. The molecule has 0 radical (unpaired) electrons. The Labute approximate surface area is 223 Å². The van der Waals surface area contributed by atoms with Gasteiger partial charge in [-0.2, -0.15) is 13.2 Å². The van der Waals surface area contributed by atoms with Gasteiger partial charge in [-0.15, -0.1) is 0 Å². The van der Waals surface area contributed by atoms with Crippen LogP contribution >= 0.6 is 0 Å². The van der Waals surface area contributed by atoms with E-state index in [2.05, 4.69) is 19.7 Å². The maximum absolute atomic E-state index is 14.0. The van der Waals surface area contributed by atoms with E-state index in [0.717, 1.165) is 18.0 Å². The third kappa shape index (κ3) is 5.99. The smallest absolute Gasteiger partial charge is 0.353 e. The third-order valence-electron chi connectivity index (χ3n) is 6.17. The summed E-state index contributed by atoms with van der Waals surface area (Å²) in [6.07, 6.45) is -3.16. The maximum Gasteiger partial charge on any atom is 0.451 e. The second kappa shape index (κ2) is 10.9. The number of alkyl halides is 3. The molecule has 3 heterocycles. The van der Waals surface area contributed by atoms with Crippen LogP contribution in [0.15, 0.2) is 72.9 Å². The van der Waals surface area contributed by atoms with Crippen molar-refractivity contribution in [1.82, 2.24) is 15.0 Å². The van der Waals surface area contributed by atoms with Crippen molar-refractivity contribution in [3.63, 3.8) is 0 Å². The summed E-state index contributed by atoms with van der Waals surface area (Å²) in [7, 11) is 0. The molecule has 1 fully saturated rings. The summed E-state index contributed by atoms with van der Waals surface area (Å²) in [4.78, 5) is 16.0. The number of halogens is 4. The van der Waals surface area contributed by atoms with E-state index < -0.39 is 29.1 Å². The van der Waals surface area contributed by atoms with Gasteiger partial charge in [-0.25, -0.2) is 23.6 Å². The van der Waals surface area contributed by atoms with Crippen molar-refractivity contribution in [3.8, 4) is 22.4 Å². The first kappa shape index (κ1) is 26.5. The molecule has 1 aliphatic rings. The highest BCUT2D eigenvalue weighted by Crippen LogP contribution is 2.41. The van der Waals surface area contributed by atoms with Gasteiger partial charge in [-0.3, -0.25) is 9.27 Å². The van der Waals surface area contributed by atoms with E-state index in [-0.39, 0.29) is 28.3 Å². The molecule has 13 heteroatoms. The molecular weight excluding hydrogens is 536 g/mol. The second-order valence-corrected chi connectivity index (χ2v) is 9.40. The molecule has 1 saturated heterocycles. The Morgan fingerprint density at radius 1 is 0.872 bits per heavy atom. The van der Waals surface area contributed by atoms with Crippen LogP contribution in [-0.2, 0) is 17.4 Å². The number of nitrogens with one attached hydrogen (secondary N) is 1. The number of pyridine rings is 1. The summed E-state index contributed by atoms with van der Waals surface area (Å²) in [5.41, 5.74) is 1.19. The quantitative estimate of drug-likeness (QED) is 0.247. The average Bonchev–Trinajstić information content (AvgIpc) is 2.93. The predicted molar refractivity (Wildman–Crippen MR) is 141 cm³/mol. The summed E-state index contributed by atoms with van der Waals surface area (Å²) in [6.45, 7) is 1.66. The van der Waals surface area contributed by atoms with Crippen LogP contribution in [0.5, 0.6) is 0 Å². The van der Waals surface area contributed by atoms with Crippen LogP contribution in [0.1, 0.15) is 5.82 Å². The Bertz CT molecular complexity index is 1480. The van der Waals surface area contributed by atoms with Crippen molar-refractivity contribution in [3.05, 3.63) is 84.6 Å². The van der Waals surface area contributed by atoms with Crippen LogP contribution in [0.25, 0.3) is 22.4 Å². The molecule has 0 amide bonds. The van der Waals surface area contributed by atoms with E-state index in [1.807, 2.05) is 17.0 Å². The van der Waals surface area contributed by atoms with Gasteiger partial charge in [0.2, 0.25) is 5.82 Å².